The maximum atomic E-state index is 12.7. The van der Waals surface area contributed by atoms with Gasteiger partial charge in [0.2, 0.25) is 0 Å². The van der Waals surface area contributed by atoms with Crippen molar-refractivity contribution in [3.05, 3.63) is 52.3 Å². The smallest absolute Gasteiger partial charge is 0.186 e. The number of rotatable bonds is 4. The van der Waals surface area contributed by atoms with Gasteiger partial charge in [0.15, 0.2) is 11.4 Å². The molecular weight excluding hydrogens is 333 g/mol. The van der Waals surface area contributed by atoms with E-state index >= 15 is 0 Å². The number of benzene rings is 1. The number of ketones is 1. The molecule has 0 fully saturated rings. The molecule has 3 aromatic rings. The summed E-state index contributed by atoms with van der Waals surface area (Å²) in [5.41, 5.74) is 2.44. The highest BCUT2D eigenvalue weighted by atomic mass is 35.5. The molecule has 0 bridgehead atoms. The zero-order valence-corrected chi connectivity index (χ0v) is 14.3. The van der Waals surface area contributed by atoms with E-state index < -0.39 is 0 Å². The van der Waals surface area contributed by atoms with Crippen LogP contribution in [0.25, 0.3) is 16.9 Å². The van der Waals surface area contributed by atoms with Gasteiger partial charge in [0.25, 0.3) is 0 Å². The number of aromatic nitrogens is 3. The maximum absolute atomic E-state index is 12.7. The Kier molecular flexibility index (Phi) is 4.37. The predicted molar refractivity (Wildman–Crippen MR) is 92.2 cm³/mol. The number of Topliss-reactive ketones (excluding diaryl/α,β-unsaturated/α-hetero) is 1. The Morgan fingerprint density at radius 3 is 2.74 bits per heavy atom. The molecule has 4 nitrogen and oxygen atoms in total. The monoisotopic (exact) mass is 347 g/mol. The highest BCUT2D eigenvalue weighted by Crippen LogP contribution is 2.31. The Balaban J connectivity index is 2.28. The van der Waals surface area contributed by atoms with Crippen molar-refractivity contribution in [2.24, 2.45) is 5.92 Å². The molecule has 0 amide bonds. The topological polar surface area (TPSA) is 47.3 Å². The number of fused-ring (bicyclic) bond motifs is 1. The largest absolute Gasteiger partial charge is 0.292 e. The van der Waals surface area contributed by atoms with Gasteiger partial charge in [-0.1, -0.05) is 43.1 Å². The molecular formula is C17H15Cl2N3O. The number of carbonyl (C=O) groups is 1. The van der Waals surface area contributed by atoms with Crippen LogP contribution in [0.4, 0.5) is 0 Å². The minimum atomic E-state index is -0.110. The fraction of sp³-hybridized carbons (Fsp3) is 0.235. The van der Waals surface area contributed by atoms with E-state index in [0.29, 0.717) is 27.1 Å². The second-order valence-corrected chi connectivity index (χ2v) is 6.22. The van der Waals surface area contributed by atoms with Crippen LogP contribution in [0.3, 0.4) is 0 Å². The van der Waals surface area contributed by atoms with Crippen molar-refractivity contribution < 1.29 is 4.79 Å². The Bertz CT molecular complexity index is 889. The van der Waals surface area contributed by atoms with Crippen LogP contribution in [0.2, 0.25) is 10.0 Å². The summed E-state index contributed by atoms with van der Waals surface area (Å²) in [4.78, 5) is 17.2. The number of hydrogen-bond acceptors (Lipinski definition) is 3. The molecule has 0 saturated carbocycles. The number of nitrogens with zero attached hydrogens (tertiary/aromatic N) is 3. The lowest BCUT2D eigenvalue weighted by atomic mass is 9.98. The van der Waals surface area contributed by atoms with E-state index in [-0.39, 0.29) is 11.7 Å². The molecule has 118 valence electrons. The third-order valence-corrected chi connectivity index (χ3v) is 4.62. The zero-order valence-electron chi connectivity index (χ0n) is 12.8. The van der Waals surface area contributed by atoms with Crippen LogP contribution in [-0.2, 0) is 0 Å². The summed E-state index contributed by atoms with van der Waals surface area (Å²) in [6, 6.07) is 8.87. The molecule has 6 heteroatoms. The molecule has 2 heterocycles. The molecule has 23 heavy (non-hydrogen) atoms. The molecule has 1 unspecified atom stereocenters. The standard InChI is InChI=1S/C17H15Cl2N3O/c1-3-10(2)17(23)15-16(11-6-7-12(18)13(19)9-11)22-14(21-15)5-4-8-20-22/h4-10H,3H2,1-2H3. The quantitative estimate of drug-likeness (QED) is 0.628. The highest BCUT2D eigenvalue weighted by molar-refractivity contribution is 6.42. The first-order chi connectivity index (χ1) is 11.0. The van der Waals surface area contributed by atoms with Gasteiger partial charge in [-0.25, -0.2) is 9.50 Å². The van der Waals surface area contributed by atoms with Gasteiger partial charge in [-0.05, 0) is 30.7 Å². The van der Waals surface area contributed by atoms with Crippen LogP contribution < -0.4 is 0 Å². The number of halogens is 2. The summed E-state index contributed by atoms with van der Waals surface area (Å²) < 4.78 is 1.66. The van der Waals surface area contributed by atoms with Crippen molar-refractivity contribution >= 4 is 34.6 Å². The van der Waals surface area contributed by atoms with Crippen molar-refractivity contribution in [3.8, 4) is 11.3 Å². The Hall–Kier alpha value is -1.91. The first kappa shape index (κ1) is 16.0. The molecule has 0 N–H and O–H groups in total. The van der Waals surface area contributed by atoms with Crippen molar-refractivity contribution in [2.45, 2.75) is 20.3 Å². The summed E-state index contributed by atoms with van der Waals surface area (Å²) in [5.74, 6) is -0.111. The molecule has 1 atom stereocenters. The van der Waals surface area contributed by atoms with Crippen molar-refractivity contribution in [1.29, 1.82) is 0 Å². The fourth-order valence-electron chi connectivity index (χ4n) is 2.38. The summed E-state index contributed by atoms with van der Waals surface area (Å²) in [7, 11) is 0. The molecule has 0 aliphatic heterocycles. The van der Waals surface area contributed by atoms with Crippen LogP contribution in [-0.4, -0.2) is 20.4 Å². The first-order valence-corrected chi connectivity index (χ1v) is 8.12. The van der Waals surface area contributed by atoms with E-state index in [1.807, 2.05) is 26.0 Å². The highest BCUT2D eigenvalue weighted by Gasteiger charge is 2.24. The second kappa shape index (κ2) is 6.30. The SMILES string of the molecule is CCC(C)C(=O)c1nc2cccnn2c1-c1ccc(Cl)c(Cl)c1. The Morgan fingerprint density at radius 2 is 2.04 bits per heavy atom. The average molecular weight is 348 g/mol. The summed E-state index contributed by atoms with van der Waals surface area (Å²) in [6.07, 6.45) is 2.41. The summed E-state index contributed by atoms with van der Waals surface area (Å²) in [6.45, 7) is 3.88. The zero-order chi connectivity index (χ0) is 16.6. The number of hydrogen-bond donors (Lipinski definition) is 0. The third kappa shape index (κ3) is 2.84. The average Bonchev–Trinajstić information content (AvgIpc) is 2.95. The molecule has 1 aromatic carbocycles. The van der Waals surface area contributed by atoms with Crippen LogP contribution in [0, 0.1) is 5.92 Å². The maximum Gasteiger partial charge on any atom is 0.186 e. The van der Waals surface area contributed by atoms with E-state index in [2.05, 4.69) is 10.1 Å². The van der Waals surface area contributed by atoms with E-state index in [9.17, 15) is 4.79 Å². The summed E-state index contributed by atoms with van der Waals surface area (Å²) >= 11 is 12.1. The Morgan fingerprint density at radius 1 is 1.26 bits per heavy atom. The molecule has 0 aliphatic carbocycles. The lowest BCUT2D eigenvalue weighted by Gasteiger charge is -2.08. The molecule has 0 aliphatic rings. The van der Waals surface area contributed by atoms with E-state index in [1.54, 1.807) is 28.9 Å². The van der Waals surface area contributed by atoms with Crippen LogP contribution in [0.5, 0.6) is 0 Å². The van der Waals surface area contributed by atoms with Crippen molar-refractivity contribution in [2.75, 3.05) is 0 Å². The van der Waals surface area contributed by atoms with Crippen LogP contribution >= 0.6 is 23.2 Å². The molecule has 0 spiro atoms. The van der Waals surface area contributed by atoms with Gasteiger partial charge in [-0.15, -0.1) is 0 Å². The lowest BCUT2D eigenvalue weighted by Crippen LogP contribution is -2.12. The second-order valence-electron chi connectivity index (χ2n) is 5.41. The number of imidazole rings is 1. The van der Waals surface area contributed by atoms with E-state index in [0.717, 1.165) is 12.0 Å². The Labute approximate surface area is 144 Å². The molecule has 0 radical (unpaired) electrons. The first-order valence-electron chi connectivity index (χ1n) is 7.36. The van der Waals surface area contributed by atoms with Gasteiger partial charge < -0.3 is 0 Å². The van der Waals surface area contributed by atoms with E-state index in [1.165, 1.54) is 0 Å². The van der Waals surface area contributed by atoms with Gasteiger partial charge in [0.1, 0.15) is 11.4 Å². The van der Waals surface area contributed by atoms with Gasteiger partial charge in [0.05, 0.1) is 10.0 Å². The van der Waals surface area contributed by atoms with Crippen LogP contribution in [0.15, 0.2) is 36.5 Å². The predicted octanol–water partition coefficient (Wildman–Crippen LogP) is 4.93. The van der Waals surface area contributed by atoms with Crippen molar-refractivity contribution in [1.82, 2.24) is 14.6 Å². The number of carbonyl (C=O) groups excluding carboxylic acids is 1. The minimum Gasteiger partial charge on any atom is -0.292 e. The fourth-order valence-corrected chi connectivity index (χ4v) is 2.68. The molecule has 3 rings (SSSR count). The van der Waals surface area contributed by atoms with Crippen LogP contribution in [0.1, 0.15) is 30.8 Å². The van der Waals surface area contributed by atoms with E-state index in [4.69, 9.17) is 23.2 Å². The van der Waals surface area contributed by atoms with Gasteiger partial charge in [-0.3, -0.25) is 4.79 Å². The normalized spacial score (nSPS) is 12.5. The van der Waals surface area contributed by atoms with Gasteiger partial charge in [-0.2, -0.15) is 5.10 Å². The molecule has 0 saturated heterocycles. The third-order valence-electron chi connectivity index (χ3n) is 3.88. The molecule has 2 aromatic heterocycles. The lowest BCUT2D eigenvalue weighted by molar-refractivity contribution is 0.0923. The summed E-state index contributed by atoms with van der Waals surface area (Å²) in [5, 5.41) is 5.22. The van der Waals surface area contributed by atoms with Gasteiger partial charge >= 0.3 is 0 Å². The van der Waals surface area contributed by atoms with Gasteiger partial charge in [0, 0.05) is 17.7 Å². The van der Waals surface area contributed by atoms with Crippen molar-refractivity contribution in [3.63, 3.8) is 0 Å². The minimum absolute atomic E-state index is 0.000859.